The minimum Gasteiger partial charge on any atom is -0.357 e. The summed E-state index contributed by atoms with van der Waals surface area (Å²) in [7, 11) is 0. The zero-order valence-corrected chi connectivity index (χ0v) is 16.8. The molecule has 0 bridgehead atoms. The Morgan fingerprint density at radius 3 is 2.60 bits per heavy atom. The van der Waals surface area contributed by atoms with Crippen molar-refractivity contribution in [1.82, 2.24) is 0 Å². The van der Waals surface area contributed by atoms with Gasteiger partial charge in [-0.25, -0.2) is 0 Å². The fraction of sp³-hybridized carbons (Fsp3) is 0.304. The molecule has 2 aliphatic rings. The van der Waals surface area contributed by atoms with E-state index in [4.69, 9.17) is 0 Å². The predicted octanol–water partition coefficient (Wildman–Crippen LogP) is 4.90. The first-order valence-corrected chi connectivity index (χ1v) is 10.2. The maximum Gasteiger partial charge on any atom is 0.269 e. The van der Waals surface area contributed by atoms with E-state index in [0.29, 0.717) is 42.5 Å². The second-order valence-electron chi connectivity index (χ2n) is 7.58. The molecule has 1 N–H and O–H groups in total. The third kappa shape index (κ3) is 3.47. The van der Waals surface area contributed by atoms with E-state index in [0.717, 1.165) is 17.8 Å². The number of nitrogens with zero attached hydrogens (tertiary/aromatic N) is 2. The van der Waals surface area contributed by atoms with Crippen molar-refractivity contribution in [2.75, 3.05) is 10.2 Å². The topological polar surface area (TPSA) is 92.6 Å². The lowest BCUT2D eigenvalue weighted by Gasteiger charge is -2.34. The summed E-state index contributed by atoms with van der Waals surface area (Å²) in [5.41, 5.74) is 3.56. The van der Waals surface area contributed by atoms with Crippen molar-refractivity contribution in [1.29, 1.82) is 0 Å². The Morgan fingerprint density at radius 2 is 1.90 bits per heavy atom. The number of nitro benzene ring substituents is 1. The number of ketones is 1. The van der Waals surface area contributed by atoms with Crippen molar-refractivity contribution in [3.05, 3.63) is 75.5 Å². The van der Waals surface area contributed by atoms with Crippen molar-refractivity contribution in [2.24, 2.45) is 0 Å². The molecule has 154 valence electrons. The largest absolute Gasteiger partial charge is 0.357 e. The number of rotatable bonds is 4. The maximum atomic E-state index is 13.3. The number of amides is 1. The molecule has 7 nitrogen and oxygen atoms in total. The van der Waals surface area contributed by atoms with Crippen LogP contribution in [0.4, 0.5) is 17.1 Å². The average molecular weight is 405 g/mol. The van der Waals surface area contributed by atoms with E-state index in [9.17, 15) is 19.7 Å². The molecular formula is C23H23N3O4. The standard InChI is InChI=1S/C23H23N3O4/c1-2-6-21(28)25-19-9-4-3-7-17(19)24-18-8-5-10-20(27)22(18)23(25)15-11-13-16(14-12-15)26(29)30/h3-4,7,9,11-14,23-24H,2,5-6,8,10H2,1H3/t23-/m1/s1. The van der Waals surface area contributed by atoms with Gasteiger partial charge in [-0.1, -0.05) is 19.1 Å². The first-order valence-electron chi connectivity index (χ1n) is 10.2. The molecule has 1 heterocycles. The minimum atomic E-state index is -0.621. The van der Waals surface area contributed by atoms with E-state index in [2.05, 4.69) is 5.32 Å². The van der Waals surface area contributed by atoms with Gasteiger partial charge < -0.3 is 5.32 Å². The Bertz CT molecular complexity index is 1040. The van der Waals surface area contributed by atoms with Gasteiger partial charge in [0.25, 0.3) is 5.69 Å². The van der Waals surface area contributed by atoms with Crippen LogP contribution in [0.25, 0.3) is 0 Å². The van der Waals surface area contributed by atoms with Crippen LogP contribution in [0.3, 0.4) is 0 Å². The molecule has 0 saturated carbocycles. The van der Waals surface area contributed by atoms with Gasteiger partial charge >= 0.3 is 0 Å². The number of hydrogen-bond acceptors (Lipinski definition) is 5. The molecule has 1 aliphatic carbocycles. The molecule has 30 heavy (non-hydrogen) atoms. The van der Waals surface area contributed by atoms with Crippen LogP contribution < -0.4 is 10.2 Å². The fourth-order valence-corrected chi connectivity index (χ4v) is 4.24. The van der Waals surface area contributed by atoms with Crippen LogP contribution in [0.2, 0.25) is 0 Å². The Hall–Kier alpha value is -3.48. The number of non-ortho nitro benzene ring substituents is 1. The summed E-state index contributed by atoms with van der Waals surface area (Å²) in [6.45, 7) is 1.94. The second kappa shape index (κ2) is 8.10. The van der Waals surface area contributed by atoms with E-state index in [1.165, 1.54) is 12.1 Å². The van der Waals surface area contributed by atoms with Crippen LogP contribution in [0, 0.1) is 10.1 Å². The number of para-hydroxylation sites is 2. The highest BCUT2D eigenvalue weighted by atomic mass is 16.6. The summed E-state index contributed by atoms with van der Waals surface area (Å²) in [6.07, 6.45) is 2.92. The highest BCUT2D eigenvalue weighted by Gasteiger charge is 2.39. The third-order valence-corrected chi connectivity index (χ3v) is 5.59. The Morgan fingerprint density at radius 1 is 1.17 bits per heavy atom. The summed E-state index contributed by atoms with van der Waals surface area (Å²) >= 11 is 0. The van der Waals surface area contributed by atoms with Crippen molar-refractivity contribution >= 4 is 28.8 Å². The summed E-state index contributed by atoms with van der Waals surface area (Å²) in [5.74, 6) is -0.0727. The number of benzene rings is 2. The summed E-state index contributed by atoms with van der Waals surface area (Å²) in [6, 6.07) is 13.1. The second-order valence-corrected chi connectivity index (χ2v) is 7.58. The Kier molecular flexibility index (Phi) is 5.35. The number of anilines is 2. The lowest BCUT2D eigenvalue weighted by molar-refractivity contribution is -0.384. The number of nitrogens with one attached hydrogen (secondary N) is 1. The average Bonchev–Trinajstić information content (AvgIpc) is 2.89. The molecule has 2 aromatic carbocycles. The molecule has 0 unspecified atom stereocenters. The van der Waals surface area contributed by atoms with Gasteiger partial charge in [0.05, 0.1) is 22.3 Å². The molecule has 4 rings (SSSR count). The van der Waals surface area contributed by atoms with Gasteiger partial charge in [0.2, 0.25) is 5.91 Å². The van der Waals surface area contributed by atoms with E-state index >= 15 is 0 Å². The maximum absolute atomic E-state index is 13.3. The molecule has 0 aromatic heterocycles. The zero-order chi connectivity index (χ0) is 21.3. The number of nitro groups is 1. The molecule has 1 amide bonds. The summed E-state index contributed by atoms with van der Waals surface area (Å²) < 4.78 is 0. The predicted molar refractivity (Wildman–Crippen MR) is 114 cm³/mol. The number of carbonyl (C=O) groups is 2. The monoisotopic (exact) mass is 405 g/mol. The molecule has 0 fully saturated rings. The van der Waals surface area contributed by atoms with Gasteiger partial charge in [-0.3, -0.25) is 24.6 Å². The number of hydrogen-bond donors (Lipinski definition) is 1. The van der Waals surface area contributed by atoms with E-state index in [1.807, 2.05) is 31.2 Å². The van der Waals surface area contributed by atoms with Gasteiger partial charge in [-0.05, 0) is 49.1 Å². The molecule has 0 radical (unpaired) electrons. The van der Waals surface area contributed by atoms with Crippen molar-refractivity contribution in [2.45, 2.75) is 45.1 Å². The molecule has 1 aliphatic heterocycles. The van der Waals surface area contributed by atoms with Crippen molar-refractivity contribution in [3.63, 3.8) is 0 Å². The van der Waals surface area contributed by atoms with Crippen molar-refractivity contribution in [3.8, 4) is 0 Å². The van der Waals surface area contributed by atoms with Crippen LogP contribution in [0.15, 0.2) is 59.8 Å². The van der Waals surface area contributed by atoms with E-state index in [1.54, 1.807) is 17.0 Å². The first kappa shape index (κ1) is 19.8. The quantitative estimate of drug-likeness (QED) is 0.577. The molecule has 2 aromatic rings. The highest BCUT2D eigenvalue weighted by molar-refractivity contribution is 6.06. The molecule has 7 heteroatoms. The van der Waals surface area contributed by atoms with Gasteiger partial charge in [0.15, 0.2) is 5.78 Å². The SMILES string of the molecule is CCCC(=O)N1c2ccccc2NC2=C(C(=O)CCC2)[C@H]1c1ccc([N+](=O)[O-])cc1. The van der Waals surface area contributed by atoms with Crippen LogP contribution in [0.5, 0.6) is 0 Å². The Balaban J connectivity index is 1.95. The molecule has 1 atom stereocenters. The van der Waals surface area contributed by atoms with Crippen LogP contribution in [-0.4, -0.2) is 16.6 Å². The lowest BCUT2D eigenvalue weighted by Crippen LogP contribution is -2.37. The van der Waals surface area contributed by atoms with Gasteiger partial charge in [0, 0.05) is 36.2 Å². The van der Waals surface area contributed by atoms with Crippen molar-refractivity contribution < 1.29 is 14.5 Å². The minimum absolute atomic E-state index is 0.00853. The summed E-state index contributed by atoms with van der Waals surface area (Å²) in [4.78, 5) is 38.7. The van der Waals surface area contributed by atoms with Crippen LogP contribution in [0.1, 0.15) is 50.6 Å². The van der Waals surface area contributed by atoms with Crippen LogP contribution >= 0.6 is 0 Å². The van der Waals surface area contributed by atoms with E-state index < -0.39 is 11.0 Å². The fourth-order valence-electron chi connectivity index (χ4n) is 4.24. The third-order valence-electron chi connectivity index (χ3n) is 5.59. The van der Waals surface area contributed by atoms with Gasteiger partial charge in [-0.15, -0.1) is 0 Å². The number of carbonyl (C=O) groups excluding carboxylic acids is 2. The highest BCUT2D eigenvalue weighted by Crippen LogP contribution is 2.45. The molecular weight excluding hydrogens is 382 g/mol. The van der Waals surface area contributed by atoms with Gasteiger partial charge in [0.1, 0.15) is 0 Å². The van der Waals surface area contributed by atoms with E-state index in [-0.39, 0.29) is 17.4 Å². The van der Waals surface area contributed by atoms with Gasteiger partial charge in [-0.2, -0.15) is 0 Å². The summed E-state index contributed by atoms with van der Waals surface area (Å²) in [5, 5.41) is 14.5. The lowest BCUT2D eigenvalue weighted by atomic mass is 9.85. The number of fused-ring (bicyclic) bond motifs is 1. The van der Waals surface area contributed by atoms with Crippen LogP contribution in [-0.2, 0) is 9.59 Å². The number of allylic oxidation sites excluding steroid dienone is 1. The smallest absolute Gasteiger partial charge is 0.269 e. The number of Topliss-reactive ketones (excluding diaryl/α,β-unsaturated/α-hetero) is 1. The normalized spacial score (nSPS) is 18.2. The molecule has 0 spiro atoms. The first-order chi connectivity index (χ1) is 14.5. The Labute approximate surface area is 174 Å². The zero-order valence-electron chi connectivity index (χ0n) is 16.8. The molecule has 0 saturated heterocycles.